The summed E-state index contributed by atoms with van der Waals surface area (Å²) >= 11 is 0. The van der Waals surface area contributed by atoms with E-state index in [0.717, 1.165) is 18.8 Å². The molecule has 4 heteroatoms. The maximum atomic E-state index is 11.7. The van der Waals surface area contributed by atoms with Crippen LogP contribution in [0.15, 0.2) is 24.3 Å². The average molecular weight is 291 g/mol. The van der Waals surface area contributed by atoms with E-state index in [-0.39, 0.29) is 11.9 Å². The van der Waals surface area contributed by atoms with Crippen LogP contribution in [0.1, 0.15) is 33.3 Å². The lowest BCUT2D eigenvalue weighted by Gasteiger charge is -2.20. The van der Waals surface area contributed by atoms with Crippen molar-refractivity contribution in [1.82, 2.24) is 10.6 Å². The summed E-state index contributed by atoms with van der Waals surface area (Å²) in [5.41, 5.74) is 2.32. The molecule has 1 rings (SSSR count). The van der Waals surface area contributed by atoms with Gasteiger partial charge in [-0.05, 0) is 44.0 Å². The maximum Gasteiger partial charge on any atom is 0.239 e. The Morgan fingerprint density at radius 3 is 2.29 bits per heavy atom. The standard InChI is InChI=1S/C17H29N3O/c1-13(2)10-18-11-15-6-8-16(9-7-15)20(5)12-17(21)19-14(3)4/h6-9,13-14,18H,10-12H2,1-5H3,(H,19,21). The zero-order chi connectivity index (χ0) is 15.8. The van der Waals surface area contributed by atoms with Crippen molar-refractivity contribution in [1.29, 1.82) is 0 Å². The van der Waals surface area contributed by atoms with E-state index in [0.29, 0.717) is 12.5 Å². The van der Waals surface area contributed by atoms with Gasteiger partial charge in [0.25, 0.3) is 0 Å². The molecular weight excluding hydrogens is 262 g/mol. The molecule has 0 aliphatic heterocycles. The van der Waals surface area contributed by atoms with Gasteiger partial charge in [-0.2, -0.15) is 0 Å². The fraction of sp³-hybridized carbons (Fsp3) is 0.588. The molecule has 0 radical (unpaired) electrons. The van der Waals surface area contributed by atoms with Crippen LogP contribution in [0.25, 0.3) is 0 Å². The van der Waals surface area contributed by atoms with E-state index < -0.39 is 0 Å². The first kappa shape index (κ1) is 17.5. The van der Waals surface area contributed by atoms with Crippen molar-refractivity contribution < 1.29 is 4.79 Å². The van der Waals surface area contributed by atoms with Crippen molar-refractivity contribution in [2.24, 2.45) is 5.92 Å². The normalized spacial score (nSPS) is 11.0. The van der Waals surface area contributed by atoms with Crippen LogP contribution in [0.2, 0.25) is 0 Å². The molecule has 0 fully saturated rings. The lowest BCUT2D eigenvalue weighted by molar-refractivity contribution is -0.120. The third kappa shape index (κ3) is 7.14. The first-order valence-electron chi connectivity index (χ1n) is 7.68. The van der Waals surface area contributed by atoms with E-state index in [2.05, 4.69) is 48.7 Å². The fourth-order valence-electron chi connectivity index (χ4n) is 2.05. The van der Waals surface area contributed by atoms with Crippen molar-refractivity contribution in [3.05, 3.63) is 29.8 Å². The Bertz CT molecular complexity index is 426. The van der Waals surface area contributed by atoms with E-state index >= 15 is 0 Å². The van der Waals surface area contributed by atoms with Crippen LogP contribution in [0.4, 0.5) is 5.69 Å². The minimum atomic E-state index is 0.0511. The molecule has 21 heavy (non-hydrogen) atoms. The molecule has 0 atom stereocenters. The van der Waals surface area contributed by atoms with Crippen molar-refractivity contribution >= 4 is 11.6 Å². The highest BCUT2D eigenvalue weighted by Crippen LogP contribution is 2.13. The number of nitrogens with zero attached hydrogens (tertiary/aromatic N) is 1. The number of rotatable bonds is 8. The van der Waals surface area contributed by atoms with Crippen molar-refractivity contribution in [2.45, 2.75) is 40.3 Å². The molecule has 0 heterocycles. The Hall–Kier alpha value is -1.55. The van der Waals surface area contributed by atoms with E-state index in [9.17, 15) is 4.79 Å². The summed E-state index contributed by atoms with van der Waals surface area (Å²) in [4.78, 5) is 13.7. The molecule has 0 spiro atoms. The molecule has 1 amide bonds. The van der Waals surface area contributed by atoms with E-state index in [1.165, 1.54) is 5.56 Å². The highest BCUT2D eigenvalue weighted by molar-refractivity contribution is 5.81. The summed E-state index contributed by atoms with van der Waals surface area (Å²) in [6, 6.07) is 8.53. The zero-order valence-electron chi connectivity index (χ0n) is 13.9. The van der Waals surface area contributed by atoms with Crippen molar-refractivity contribution in [2.75, 3.05) is 25.0 Å². The maximum absolute atomic E-state index is 11.7. The Morgan fingerprint density at radius 2 is 1.76 bits per heavy atom. The Labute approximate surface area is 128 Å². The second kappa shape index (κ2) is 8.67. The first-order valence-corrected chi connectivity index (χ1v) is 7.68. The molecule has 0 saturated heterocycles. The molecule has 2 N–H and O–H groups in total. The van der Waals surface area contributed by atoms with Crippen LogP contribution in [0.3, 0.4) is 0 Å². The molecule has 0 saturated carbocycles. The molecule has 0 aliphatic rings. The number of likely N-dealkylation sites (N-methyl/N-ethyl adjacent to an activating group) is 1. The number of amides is 1. The molecule has 0 bridgehead atoms. The van der Waals surface area contributed by atoms with Gasteiger partial charge in [-0.15, -0.1) is 0 Å². The smallest absolute Gasteiger partial charge is 0.239 e. The number of nitrogens with one attached hydrogen (secondary N) is 2. The fourth-order valence-corrected chi connectivity index (χ4v) is 2.05. The SMILES string of the molecule is CC(C)CNCc1ccc(N(C)CC(=O)NC(C)C)cc1. The molecule has 1 aromatic rings. The average Bonchev–Trinajstić information content (AvgIpc) is 2.37. The molecule has 0 aromatic heterocycles. The van der Waals surface area contributed by atoms with Gasteiger partial charge in [0.1, 0.15) is 0 Å². The van der Waals surface area contributed by atoms with E-state index in [1.807, 2.05) is 25.8 Å². The minimum Gasteiger partial charge on any atom is -0.365 e. The van der Waals surface area contributed by atoms with Gasteiger partial charge in [-0.3, -0.25) is 4.79 Å². The predicted molar refractivity (Wildman–Crippen MR) is 89.5 cm³/mol. The first-order chi connectivity index (χ1) is 9.88. The minimum absolute atomic E-state index is 0.0511. The number of carbonyl (C=O) groups is 1. The third-order valence-electron chi connectivity index (χ3n) is 3.09. The van der Waals surface area contributed by atoms with E-state index in [4.69, 9.17) is 0 Å². The number of carbonyl (C=O) groups excluding carboxylic acids is 1. The largest absolute Gasteiger partial charge is 0.365 e. The van der Waals surface area contributed by atoms with Gasteiger partial charge in [0.2, 0.25) is 5.91 Å². The van der Waals surface area contributed by atoms with Gasteiger partial charge in [-0.25, -0.2) is 0 Å². The summed E-state index contributed by atoms with van der Waals surface area (Å²) in [6.45, 7) is 10.6. The quantitative estimate of drug-likeness (QED) is 0.773. The number of anilines is 1. The summed E-state index contributed by atoms with van der Waals surface area (Å²) in [6.07, 6.45) is 0. The van der Waals surface area contributed by atoms with Crippen LogP contribution >= 0.6 is 0 Å². The molecule has 1 aromatic carbocycles. The Balaban J connectivity index is 2.47. The molecule has 0 aliphatic carbocycles. The summed E-state index contributed by atoms with van der Waals surface area (Å²) < 4.78 is 0. The topological polar surface area (TPSA) is 44.4 Å². The molecule has 0 unspecified atom stereocenters. The highest BCUT2D eigenvalue weighted by Gasteiger charge is 2.08. The lowest BCUT2D eigenvalue weighted by Crippen LogP contribution is -2.38. The van der Waals surface area contributed by atoms with Crippen LogP contribution in [-0.4, -0.2) is 32.1 Å². The van der Waals surface area contributed by atoms with Crippen LogP contribution in [0.5, 0.6) is 0 Å². The third-order valence-corrected chi connectivity index (χ3v) is 3.09. The van der Waals surface area contributed by atoms with E-state index in [1.54, 1.807) is 0 Å². The van der Waals surface area contributed by atoms with Crippen LogP contribution in [0, 0.1) is 5.92 Å². The second-order valence-electron chi connectivity index (χ2n) is 6.27. The van der Waals surface area contributed by atoms with Crippen molar-refractivity contribution in [3.63, 3.8) is 0 Å². The van der Waals surface area contributed by atoms with Gasteiger partial charge in [0.15, 0.2) is 0 Å². The Morgan fingerprint density at radius 1 is 1.14 bits per heavy atom. The van der Waals surface area contributed by atoms with Crippen molar-refractivity contribution in [3.8, 4) is 0 Å². The number of hydrogen-bond acceptors (Lipinski definition) is 3. The van der Waals surface area contributed by atoms with Gasteiger partial charge in [0, 0.05) is 25.3 Å². The van der Waals surface area contributed by atoms with Crippen LogP contribution in [-0.2, 0) is 11.3 Å². The number of benzene rings is 1. The summed E-state index contributed by atoms with van der Waals surface area (Å²) in [5.74, 6) is 0.713. The number of hydrogen-bond donors (Lipinski definition) is 2. The second-order valence-corrected chi connectivity index (χ2v) is 6.27. The van der Waals surface area contributed by atoms with Gasteiger partial charge in [-0.1, -0.05) is 26.0 Å². The summed E-state index contributed by atoms with van der Waals surface area (Å²) in [5, 5.41) is 6.33. The zero-order valence-corrected chi connectivity index (χ0v) is 13.9. The predicted octanol–water partition coefficient (Wildman–Crippen LogP) is 2.39. The lowest BCUT2D eigenvalue weighted by atomic mass is 10.1. The van der Waals surface area contributed by atoms with Crippen LogP contribution < -0.4 is 15.5 Å². The highest BCUT2D eigenvalue weighted by atomic mass is 16.2. The summed E-state index contributed by atoms with van der Waals surface area (Å²) in [7, 11) is 1.94. The molecule has 4 nitrogen and oxygen atoms in total. The van der Waals surface area contributed by atoms with Gasteiger partial charge in [0.05, 0.1) is 6.54 Å². The Kier molecular flexibility index (Phi) is 7.23. The molecular formula is C17H29N3O. The van der Waals surface area contributed by atoms with Gasteiger partial charge < -0.3 is 15.5 Å². The molecule has 118 valence electrons. The monoisotopic (exact) mass is 291 g/mol. The van der Waals surface area contributed by atoms with Gasteiger partial charge >= 0.3 is 0 Å².